The third-order valence-corrected chi connectivity index (χ3v) is 1.97. The summed E-state index contributed by atoms with van der Waals surface area (Å²) in [4.78, 5) is 13.1. The van der Waals surface area contributed by atoms with E-state index in [1.54, 1.807) is 0 Å². The molecule has 1 amide bonds. The molecule has 0 aromatic rings. The van der Waals surface area contributed by atoms with Crippen LogP contribution in [0, 0.1) is 11.3 Å². The lowest BCUT2D eigenvalue weighted by Gasteiger charge is -2.19. The smallest absolute Gasteiger partial charge is 0.234 e. The number of nitriles is 1. The maximum Gasteiger partial charge on any atom is 0.234 e. The van der Waals surface area contributed by atoms with Crippen LogP contribution in [0.3, 0.4) is 0 Å². The molecule has 0 aliphatic rings. The Morgan fingerprint density at radius 3 is 2.71 bits per heavy atom. The topological polar surface area (TPSA) is 68.2 Å². The van der Waals surface area contributed by atoms with Gasteiger partial charge in [-0.1, -0.05) is 0 Å². The average molecular weight is 198 g/mol. The predicted molar refractivity (Wildman–Crippen MR) is 54.6 cm³/mol. The predicted octanol–water partition coefficient (Wildman–Crippen LogP) is -0.834. The van der Waals surface area contributed by atoms with Crippen molar-refractivity contribution in [2.75, 3.05) is 33.7 Å². The zero-order chi connectivity index (χ0) is 11.0. The Hall–Kier alpha value is -1.12. The highest BCUT2D eigenvalue weighted by Crippen LogP contribution is 1.87. The first-order valence-electron chi connectivity index (χ1n) is 4.58. The molecule has 0 bridgehead atoms. The minimum Gasteiger partial charge on any atom is -0.342 e. The van der Waals surface area contributed by atoms with Crippen LogP contribution in [0.15, 0.2) is 0 Å². The van der Waals surface area contributed by atoms with Gasteiger partial charge in [0.05, 0.1) is 12.6 Å². The summed E-state index contributed by atoms with van der Waals surface area (Å²) < 4.78 is 0. The molecule has 0 rings (SSSR count). The second-order valence-electron chi connectivity index (χ2n) is 3.38. The van der Waals surface area contributed by atoms with Gasteiger partial charge in [-0.25, -0.2) is 0 Å². The SMILES string of the molecule is CC(CNCC(=O)NCC#N)N(C)C. The van der Waals surface area contributed by atoms with Crippen molar-refractivity contribution in [1.29, 1.82) is 5.26 Å². The minimum atomic E-state index is -0.141. The molecular weight excluding hydrogens is 180 g/mol. The van der Waals surface area contributed by atoms with Crippen molar-refractivity contribution < 1.29 is 4.79 Å². The molecule has 1 atom stereocenters. The van der Waals surface area contributed by atoms with E-state index in [4.69, 9.17) is 5.26 Å². The fraction of sp³-hybridized carbons (Fsp3) is 0.778. The van der Waals surface area contributed by atoms with Crippen molar-refractivity contribution in [1.82, 2.24) is 15.5 Å². The van der Waals surface area contributed by atoms with Gasteiger partial charge in [0.25, 0.3) is 0 Å². The number of amides is 1. The van der Waals surface area contributed by atoms with E-state index >= 15 is 0 Å². The monoisotopic (exact) mass is 198 g/mol. The zero-order valence-electron chi connectivity index (χ0n) is 9.00. The third-order valence-electron chi connectivity index (χ3n) is 1.97. The van der Waals surface area contributed by atoms with Crippen LogP contribution in [0.2, 0.25) is 0 Å². The van der Waals surface area contributed by atoms with Crippen molar-refractivity contribution in [2.24, 2.45) is 0 Å². The van der Waals surface area contributed by atoms with Gasteiger partial charge in [-0.05, 0) is 21.0 Å². The maximum absolute atomic E-state index is 11.0. The van der Waals surface area contributed by atoms with Crippen molar-refractivity contribution in [2.45, 2.75) is 13.0 Å². The van der Waals surface area contributed by atoms with Gasteiger partial charge in [-0.15, -0.1) is 0 Å². The molecule has 0 saturated carbocycles. The van der Waals surface area contributed by atoms with E-state index < -0.39 is 0 Å². The molecular formula is C9H18N4O. The van der Waals surface area contributed by atoms with Gasteiger partial charge in [0.15, 0.2) is 0 Å². The van der Waals surface area contributed by atoms with Crippen molar-refractivity contribution in [3.05, 3.63) is 0 Å². The summed E-state index contributed by atoms with van der Waals surface area (Å²) in [6.07, 6.45) is 0. The number of carbonyl (C=O) groups excluding carboxylic acids is 1. The Labute approximate surface area is 85.1 Å². The Bertz CT molecular complexity index is 209. The Balaban J connectivity index is 3.45. The lowest BCUT2D eigenvalue weighted by Crippen LogP contribution is -2.40. The number of nitrogens with one attached hydrogen (secondary N) is 2. The number of nitrogens with zero attached hydrogens (tertiary/aromatic N) is 2. The number of rotatable bonds is 6. The lowest BCUT2D eigenvalue weighted by molar-refractivity contribution is -0.120. The van der Waals surface area contributed by atoms with Crippen LogP contribution in [0.4, 0.5) is 0 Å². The van der Waals surface area contributed by atoms with Crippen LogP contribution >= 0.6 is 0 Å². The maximum atomic E-state index is 11.0. The van der Waals surface area contributed by atoms with Crippen molar-refractivity contribution in [3.63, 3.8) is 0 Å². The van der Waals surface area contributed by atoms with Gasteiger partial charge in [0, 0.05) is 12.6 Å². The lowest BCUT2D eigenvalue weighted by atomic mass is 10.3. The molecule has 5 heteroatoms. The van der Waals surface area contributed by atoms with Crippen molar-refractivity contribution in [3.8, 4) is 6.07 Å². The van der Waals surface area contributed by atoms with Gasteiger partial charge >= 0.3 is 0 Å². The standard InChI is InChI=1S/C9H18N4O/c1-8(13(2)3)6-11-7-9(14)12-5-4-10/h8,11H,5-7H2,1-3H3,(H,12,14). The first-order chi connectivity index (χ1) is 6.57. The second-order valence-corrected chi connectivity index (χ2v) is 3.38. The van der Waals surface area contributed by atoms with Gasteiger partial charge in [0.1, 0.15) is 6.54 Å². The van der Waals surface area contributed by atoms with Crippen molar-refractivity contribution >= 4 is 5.91 Å². The highest BCUT2D eigenvalue weighted by molar-refractivity contribution is 5.78. The first kappa shape index (κ1) is 12.9. The molecule has 2 N–H and O–H groups in total. The third kappa shape index (κ3) is 6.40. The first-order valence-corrected chi connectivity index (χ1v) is 4.58. The summed E-state index contributed by atoms with van der Waals surface area (Å²) in [5.74, 6) is -0.141. The van der Waals surface area contributed by atoms with Crippen LogP contribution in [-0.4, -0.2) is 50.6 Å². The van der Waals surface area contributed by atoms with Gasteiger partial charge in [-0.2, -0.15) is 5.26 Å². The van der Waals surface area contributed by atoms with E-state index in [1.165, 1.54) is 0 Å². The minimum absolute atomic E-state index is 0.0732. The highest BCUT2D eigenvalue weighted by atomic mass is 16.1. The average Bonchev–Trinajstić information content (AvgIpc) is 2.14. The molecule has 0 aromatic carbocycles. The Kier molecular flexibility index (Phi) is 6.72. The molecule has 0 heterocycles. The molecule has 0 fully saturated rings. The fourth-order valence-corrected chi connectivity index (χ4v) is 0.778. The van der Waals surface area contributed by atoms with Crippen LogP contribution < -0.4 is 10.6 Å². The number of hydrogen-bond donors (Lipinski definition) is 2. The molecule has 0 saturated heterocycles. The molecule has 0 radical (unpaired) electrons. The van der Waals surface area contributed by atoms with Gasteiger partial charge < -0.3 is 15.5 Å². The molecule has 5 nitrogen and oxygen atoms in total. The number of hydrogen-bond acceptors (Lipinski definition) is 4. The van der Waals surface area contributed by atoms with E-state index in [-0.39, 0.29) is 19.0 Å². The molecule has 14 heavy (non-hydrogen) atoms. The van der Waals surface area contributed by atoms with Crippen LogP contribution in [-0.2, 0) is 4.79 Å². The van der Waals surface area contributed by atoms with Gasteiger partial charge in [-0.3, -0.25) is 4.79 Å². The van der Waals surface area contributed by atoms with Gasteiger partial charge in [0.2, 0.25) is 5.91 Å². The van der Waals surface area contributed by atoms with E-state index in [2.05, 4.69) is 22.5 Å². The summed E-state index contributed by atoms with van der Waals surface area (Å²) in [6.45, 7) is 3.16. The van der Waals surface area contributed by atoms with E-state index in [9.17, 15) is 4.79 Å². The summed E-state index contributed by atoms with van der Waals surface area (Å²) in [5, 5.41) is 13.7. The largest absolute Gasteiger partial charge is 0.342 e. The van der Waals surface area contributed by atoms with Crippen LogP contribution in [0.1, 0.15) is 6.92 Å². The quantitative estimate of drug-likeness (QED) is 0.546. The highest BCUT2D eigenvalue weighted by Gasteiger charge is 2.04. The Morgan fingerprint density at radius 1 is 1.57 bits per heavy atom. The van der Waals surface area contributed by atoms with Crippen LogP contribution in [0.5, 0.6) is 0 Å². The summed E-state index contributed by atoms with van der Waals surface area (Å²) in [7, 11) is 3.98. The molecule has 0 aliphatic carbocycles. The normalized spacial score (nSPS) is 12.2. The number of carbonyl (C=O) groups is 1. The summed E-state index contributed by atoms with van der Waals surface area (Å²) in [5.41, 5.74) is 0. The Morgan fingerprint density at radius 2 is 2.21 bits per heavy atom. The summed E-state index contributed by atoms with van der Waals surface area (Å²) in [6, 6.07) is 2.24. The molecule has 0 spiro atoms. The zero-order valence-corrected chi connectivity index (χ0v) is 9.00. The summed E-state index contributed by atoms with van der Waals surface area (Å²) >= 11 is 0. The fourth-order valence-electron chi connectivity index (χ4n) is 0.778. The van der Waals surface area contributed by atoms with E-state index in [0.717, 1.165) is 6.54 Å². The number of likely N-dealkylation sites (N-methyl/N-ethyl adjacent to an activating group) is 1. The molecule has 0 aromatic heterocycles. The van der Waals surface area contributed by atoms with Crippen LogP contribution in [0.25, 0.3) is 0 Å². The molecule has 80 valence electrons. The van der Waals surface area contributed by atoms with E-state index in [1.807, 2.05) is 20.2 Å². The van der Waals surface area contributed by atoms with E-state index in [0.29, 0.717) is 6.04 Å². The molecule has 1 unspecified atom stereocenters. The second kappa shape index (κ2) is 7.30. The molecule has 0 aliphatic heterocycles.